The first-order valence-corrected chi connectivity index (χ1v) is 12.1. The Morgan fingerprint density at radius 3 is 2.56 bits per heavy atom. The quantitative estimate of drug-likeness (QED) is 0.246. The first kappa shape index (κ1) is 25.9. The van der Waals surface area contributed by atoms with E-state index in [1.807, 2.05) is 37.3 Å². The summed E-state index contributed by atoms with van der Waals surface area (Å²) in [6.45, 7) is 2.00. The Balaban J connectivity index is 1.58. The van der Waals surface area contributed by atoms with Gasteiger partial charge in [-0.2, -0.15) is 13.2 Å². The van der Waals surface area contributed by atoms with E-state index in [0.717, 1.165) is 17.7 Å². The highest BCUT2D eigenvalue weighted by molar-refractivity contribution is 5.96. The third-order valence-electron chi connectivity index (χ3n) is 6.32. The number of halogens is 3. The summed E-state index contributed by atoms with van der Waals surface area (Å²) in [7, 11) is 1.26. The zero-order valence-corrected chi connectivity index (χ0v) is 21.1. The number of esters is 1. The lowest BCUT2D eigenvalue weighted by molar-refractivity contribution is -0.137. The highest BCUT2D eigenvalue weighted by Gasteiger charge is 2.31. The van der Waals surface area contributed by atoms with Gasteiger partial charge in [0.2, 0.25) is 5.95 Å². The van der Waals surface area contributed by atoms with Gasteiger partial charge in [0, 0.05) is 24.4 Å². The monoisotopic (exact) mass is 531 g/mol. The molecule has 5 rings (SSSR count). The van der Waals surface area contributed by atoms with E-state index in [1.165, 1.54) is 13.2 Å². The molecule has 0 spiro atoms. The standard InChI is InChI=1S/C29H24F3N5O2/c1-18(19-8-4-3-5-9-19)34-28-33-14-13-22(35-28)17-24-25(20-10-6-11-21(16-20)29(30,31)32)36-26-23(27(38)39-2)12-7-15-37(24)26/h3-16,18H,17H2,1-2H3,(H,33,34,35). The van der Waals surface area contributed by atoms with Gasteiger partial charge in [0.1, 0.15) is 5.56 Å². The molecule has 1 N–H and O–H groups in total. The topological polar surface area (TPSA) is 81.4 Å². The molecule has 0 saturated carbocycles. The van der Waals surface area contributed by atoms with Gasteiger partial charge in [0.25, 0.3) is 0 Å². The molecule has 39 heavy (non-hydrogen) atoms. The number of rotatable bonds is 7. The summed E-state index contributed by atoms with van der Waals surface area (Å²) in [5.74, 6) is -0.190. The van der Waals surface area contributed by atoms with Crippen LogP contribution in [-0.4, -0.2) is 32.4 Å². The fraction of sp³-hybridized carbons (Fsp3) is 0.172. The number of nitrogens with one attached hydrogen (secondary N) is 1. The number of hydrogen-bond acceptors (Lipinski definition) is 6. The number of benzene rings is 2. The Morgan fingerprint density at radius 1 is 1.03 bits per heavy atom. The number of carbonyl (C=O) groups excluding carboxylic acids is 1. The van der Waals surface area contributed by atoms with Crippen LogP contribution in [0.3, 0.4) is 0 Å². The molecule has 0 aliphatic carbocycles. The summed E-state index contributed by atoms with van der Waals surface area (Å²) in [6.07, 6.45) is -0.974. The van der Waals surface area contributed by atoms with Crippen molar-refractivity contribution in [3.8, 4) is 11.3 Å². The number of pyridine rings is 1. The smallest absolute Gasteiger partial charge is 0.416 e. The third kappa shape index (κ3) is 5.45. The van der Waals surface area contributed by atoms with Crippen LogP contribution in [0.2, 0.25) is 0 Å². The van der Waals surface area contributed by atoms with Crippen LogP contribution < -0.4 is 5.32 Å². The molecule has 198 valence electrons. The number of aromatic nitrogens is 4. The molecular weight excluding hydrogens is 507 g/mol. The molecule has 3 heterocycles. The summed E-state index contributed by atoms with van der Waals surface area (Å²) >= 11 is 0. The van der Waals surface area contributed by atoms with E-state index in [0.29, 0.717) is 23.0 Å². The lowest BCUT2D eigenvalue weighted by Crippen LogP contribution is -2.10. The second-order valence-corrected chi connectivity index (χ2v) is 8.92. The van der Waals surface area contributed by atoms with Crippen LogP contribution in [0, 0.1) is 0 Å². The second-order valence-electron chi connectivity index (χ2n) is 8.92. The van der Waals surface area contributed by atoms with Gasteiger partial charge < -0.3 is 14.5 Å². The first-order chi connectivity index (χ1) is 18.7. The SMILES string of the molecule is COC(=O)c1cccn2c(Cc3ccnc(NC(C)c4ccccc4)n3)c(-c3cccc(C(F)(F)F)c3)nc12. The van der Waals surface area contributed by atoms with E-state index < -0.39 is 17.7 Å². The van der Waals surface area contributed by atoms with Crippen molar-refractivity contribution in [1.82, 2.24) is 19.4 Å². The average Bonchev–Trinajstić information content (AvgIpc) is 3.31. The molecule has 5 aromatic rings. The molecule has 7 nitrogen and oxygen atoms in total. The van der Waals surface area contributed by atoms with E-state index in [9.17, 15) is 18.0 Å². The number of nitrogens with zero attached hydrogens (tertiary/aromatic N) is 4. The predicted octanol–water partition coefficient (Wildman–Crippen LogP) is 6.36. The average molecular weight is 532 g/mol. The van der Waals surface area contributed by atoms with Crippen molar-refractivity contribution >= 4 is 17.6 Å². The van der Waals surface area contributed by atoms with Gasteiger partial charge in [0.05, 0.1) is 35.8 Å². The van der Waals surface area contributed by atoms with Gasteiger partial charge in [-0.15, -0.1) is 0 Å². The molecule has 0 radical (unpaired) electrons. The van der Waals surface area contributed by atoms with E-state index in [2.05, 4.69) is 20.3 Å². The summed E-state index contributed by atoms with van der Waals surface area (Å²) < 4.78 is 47.1. The molecule has 0 saturated heterocycles. The van der Waals surface area contributed by atoms with Crippen molar-refractivity contribution in [3.05, 3.63) is 113 Å². The zero-order chi connectivity index (χ0) is 27.6. The first-order valence-electron chi connectivity index (χ1n) is 12.1. The maximum Gasteiger partial charge on any atom is 0.416 e. The predicted molar refractivity (Wildman–Crippen MR) is 140 cm³/mol. The minimum Gasteiger partial charge on any atom is -0.465 e. The fourth-order valence-electron chi connectivity index (χ4n) is 4.38. The van der Waals surface area contributed by atoms with Crippen molar-refractivity contribution in [2.45, 2.75) is 25.6 Å². The van der Waals surface area contributed by atoms with Crippen molar-refractivity contribution < 1.29 is 22.7 Å². The Hall–Kier alpha value is -4.73. The van der Waals surface area contributed by atoms with E-state index in [-0.39, 0.29) is 29.2 Å². The summed E-state index contributed by atoms with van der Waals surface area (Å²) in [4.78, 5) is 26.0. The van der Waals surface area contributed by atoms with Crippen molar-refractivity contribution in [1.29, 1.82) is 0 Å². The molecular formula is C29H24F3N5O2. The van der Waals surface area contributed by atoms with Crippen LogP contribution in [0.5, 0.6) is 0 Å². The molecule has 0 bridgehead atoms. The molecule has 0 fully saturated rings. The summed E-state index contributed by atoms with van der Waals surface area (Å²) in [6, 6.07) is 19.7. The summed E-state index contributed by atoms with van der Waals surface area (Å²) in [5.41, 5.74) is 2.50. The largest absolute Gasteiger partial charge is 0.465 e. The van der Waals surface area contributed by atoms with E-state index in [4.69, 9.17) is 4.74 Å². The number of alkyl halides is 3. The normalized spacial score (nSPS) is 12.3. The molecule has 10 heteroatoms. The fourth-order valence-corrected chi connectivity index (χ4v) is 4.38. The maximum atomic E-state index is 13.5. The minimum atomic E-state index is -4.52. The van der Waals surface area contributed by atoms with E-state index in [1.54, 1.807) is 41.1 Å². The molecule has 3 aromatic heterocycles. The zero-order valence-electron chi connectivity index (χ0n) is 21.1. The molecule has 1 unspecified atom stereocenters. The van der Waals surface area contributed by atoms with Gasteiger partial charge in [-0.05, 0) is 42.8 Å². The second kappa shape index (κ2) is 10.6. The number of carbonyl (C=O) groups is 1. The number of imidazole rings is 1. The third-order valence-corrected chi connectivity index (χ3v) is 6.32. The number of methoxy groups -OCH3 is 1. The molecule has 1 atom stereocenters. The van der Waals surface area contributed by atoms with Gasteiger partial charge in [0.15, 0.2) is 5.65 Å². The summed E-state index contributed by atoms with van der Waals surface area (Å²) in [5, 5.41) is 3.29. The molecule has 0 aliphatic rings. The van der Waals surface area contributed by atoms with Crippen LogP contribution in [0.25, 0.3) is 16.9 Å². The lowest BCUT2D eigenvalue weighted by Gasteiger charge is -2.14. The maximum absolute atomic E-state index is 13.5. The Kier molecular flexibility index (Phi) is 7.02. The highest BCUT2D eigenvalue weighted by atomic mass is 19.4. The molecule has 0 aliphatic heterocycles. The van der Waals surface area contributed by atoms with Crippen molar-refractivity contribution in [2.75, 3.05) is 12.4 Å². The lowest BCUT2D eigenvalue weighted by atomic mass is 10.0. The van der Waals surface area contributed by atoms with Crippen LogP contribution in [0.1, 0.15) is 45.8 Å². The number of fused-ring (bicyclic) bond motifs is 1. The minimum absolute atomic E-state index is 0.0551. The van der Waals surface area contributed by atoms with Crippen LogP contribution in [0.4, 0.5) is 19.1 Å². The number of ether oxygens (including phenoxy) is 1. The molecule has 0 amide bonds. The Bertz CT molecular complexity index is 1630. The van der Waals surface area contributed by atoms with Crippen LogP contribution in [0.15, 0.2) is 85.2 Å². The Morgan fingerprint density at radius 2 is 1.82 bits per heavy atom. The Labute approximate surface area is 222 Å². The number of anilines is 1. The van der Waals surface area contributed by atoms with Crippen molar-refractivity contribution in [2.24, 2.45) is 0 Å². The van der Waals surface area contributed by atoms with Crippen molar-refractivity contribution in [3.63, 3.8) is 0 Å². The van der Waals surface area contributed by atoms with E-state index >= 15 is 0 Å². The molecule has 2 aromatic carbocycles. The van der Waals surface area contributed by atoms with Gasteiger partial charge in [-0.3, -0.25) is 0 Å². The van der Waals surface area contributed by atoms with Gasteiger partial charge in [-0.1, -0.05) is 42.5 Å². The van der Waals surface area contributed by atoms with Gasteiger partial charge >= 0.3 is 12.1 Å². The number of hydrogen-bond donors (Lipinski definition) is 1. The van der Waals surface area contributed by atoms with Gasteiger partial charge in [-0.25, -0.2) is 19.7 Å². The highest BCUT2D eigenvalue weighted by Crippen LogP contribution is 2.34. The van der Waals surface area contributed by atoms with Crippen LogP contribution in [-0.2, 0) is 17.3 Å². The van der Waals surface area contributed by atoms with Crippen LogP contribution >= 0.6 is 0 Å².